The molecule has 0 fully saturated rings. The molecule has 0 unspecified atom stereocenters. The molecule has 1 aliphatic rings. The molecule has 0 aliphatic heterocycles. The van der Waals surface area contributed by atoms with Crippen LogP contribution in [0.15, 0.2) is 35.7 Å². The van der Waals surface area contributed by atoms with E-state index in [4.69, 9.17) is 0 Å². The van der Waals surface area contributed by atoms with E-state index in [1.807, 2.05) is 0 Å². The highest BCUT2D eigenvalue weighted by Gasteiger charge is 2.07. The SMILES string of the molecule is O=C(CBr)C1=CC=CCC(F)=C1. The molecule has 0 aromatic carbocycles. The van der Waals surface area contributed by atoms with Gasteiger partial charge in [-0.15, -0.1) is 0 Å². The van der Waals surface area contributed by atoms with Crippen molar-refractivity contribution in [1.29, 1.82) is 0 Å². The topological polar surface area (TPSA) is 17.1 Å². The summed E-state index contributed by atoms with van der Waals surface area (Å²) in [6.45, 7) is 0. The van der Waals surface area contributed by atoms with Gasteiger partial charge in [-0.2, -0.15) is 0 Å². The lowest BCUT2D eigenvalue weighted by Crippen LogP contribution is -2.00. The van der Waals surface area contributed by atoms with E-state index in [9.17, 15) is 9.18 Å². The number of allylic oxidation sites excluding steroid dienone is 6. The molecule has 0 aromatic rings. The Hall–Kier alpha value is -0.700. The van der Waals surface area contributed by atoms with Crippen LogP contribution >= 0.6 is 15.9 Å². The molecule has 3 heteroatoms. The summed E-state index contributed by atoms with van der Waals surface area (Å²) in [4.78, 5) is 11.1. The first-order valence-corrected chi connectivity index (χ1v) is 4.68. The number of alkyl halides is 1. The molecule has 0 heterocycles. The number of hydrogen-bond donors (Lipinski definition) is 0. The van der Waals surface area contributed by atoms with Crippen LogP contribution in [-0.2, 0) is 4.79 Å². The molecule has 0 saturated heterocycles. The smallest absolute Gasteiger partial charge is 0.173 e. The fourth-order valence-corrected chi connectivity index (χ4v) is 1.20. The van der Waals surface area contributed by atoms with Crippen molar-refractivity contribution in [3.8, 4) is 0 Å². The fraction of sp³-hybridized carbons (Fsp3) is 0.222. The second-order valence-corrected chi connectivity index (χ2v) is 2.96. The molecule has 64 valence electrons. The highest BCUT2D eigenvalue weighted by molar-refractivity contribution is 9.09. The maximum atomic E-state index is 12.8. The van der Waals surface area contributed by atoms with Gasteiger partial charge in [-0.05, 0) is 6.08 Å². The van der Waals surface area contributed by atoms with Crippen molar-refractivity contribution in [3.63, 3.8) is 0 Å². The Kier molecular flexibility index (Phi) is 3.41. The lowest BCUT2D eigenvalue weighted by atomic mass is 10.1. The van der Waals surface area contributed by atoms with Crippen molar-refractivity contribution >= 4 is 21.7 Å². The molecule has 1 rings (SSSR count). The van der Waals surface area contributed by atoms with Gasteiger partial charge in [0.25, 0.3) is 0 Å². The van der Waals surface area contributed by atoms with Gasteiger partial charge in [-0.1, -0.05) is 34.2 Å². The Labute approximate surface area is 78.8 Å². The van der Waals surface area contributed by atoms with Crippen molar-refractivity contribution in [2.24, 2.45) is 0 Å². The quantitative estimate of drug-likeness (QED) is 0.667. The Balaban J connectivity index is 2.88. The van der Waals surface area contributed by atoms with Gasteiger partial charge in [0, 0.05) is 12.0 Å². The summed E-state index contributed by atoms with van der Waals surface area (Å²) in [7, 11) is 0. The molecule has 0 N–H and O–H groups in total. The van der Waals surface area contributed by atoms with Crippen LogP contribution in [0, 0.1) is 0 Å². The van der Waals surface area contributed by atoms with E-state index in [1.165, 1.54) is 6.08 Å². The highest BCUT2D eigenvalue weighted by Crippen LogP contribution is 2.14. The number of carbonyl (C=O) groups is 1. The summed E-state index contributed by atoms with van der Waals surface area (Å²) in [5.74, 6) is -0.374. The van der Waals surface area contributed by atoms with Gasteiger partial charge in [0.1, 0.15) is 5.83 Å². The summed E-state index contributed by atoms with van der Waals surface area (Å²) in [5.41, 5.74) is 0.415. The van der Waals surface area contributed by atoms with Crippen LogP contribution in [0.25, 0.3) is 0 Å². The molecule has 0 amide bonds. The fourth-order valence-electron chi connectivity index (χ4n) is 0.879. The molecule has 12 heavy (non-hydrogen) atoms. The summed E-state index contributed by atoms with van der Waals surface area (Å²) in [6, 6.07) is 0. The number of rotatable bonds is 2. The van der Waals surface area contributed by atoms with Gasteiger partial charge in [-0.25, -0.2) is 4.39 Å². The van der Waals surface area contributed by atoms with Crippen LogP contribution in [0.5, 0.6) is 0 Å². The first kappa shape index (κ1) is 9.39. The summed E-state index contributed by atoms with van der Waals surface area (Å²) < 4.78 is 12.8. The van der Waals surface area contributed by atoms with Crippen molar-refractivity contribution < 1.29 is 9.18 Å². The predicted molar refractivity (Wildman–Crippen MR) is 49.8 cm³/mol. The van der Waals surface area contributed by atoms with E-state index >= 15 is 0 Å². The van der Waals surface area contributed by atoms with E-state index in [0.29, 0.717) is 5.57 Å². The maximum Gasteiger partial charge on any atom is 0.173 e. The van der Waals surface area contributed by atoms with E-state index in [-0.39, 0.29) is 23.4 Å². The van der Waals surface area contributed by atoms with E-state index in [0.717, 1.165) is 0 Å². The van der Waals surface area contributed by atoms with Crippen LogP contribution in [0.4, 0.5) is 4.39 Å². The van der Waals surface area contributed by atoms with Crippen LogP contribution in [0.1, 0.15) is 6.42 Å². The van der Waals surface area contributed by atoms with Crippen molar-refractivity contribution in [2.45, 2.75) is 6.42 Å². The number of Topliss-reactive ketones (excluding diaryl/α,β-unsaturated/α-hetero) is 1. The van der Waals surface area contributed by atoms with Crippen LogP contribution in [-0.4, -0.2) is 11.1 Å². The Morgan fingerprint density at radius 1 is 1.67 bits per heavy atom. The molecule has 1 nitrogen and oxygen atoms in total. The Morgan fingerprint density at radius 2 is 2.42 bits per heavy atom. The molecule has 0 bridgehead atoms. The van der Waals surface area contributed by atoms with Gasteiger partial charge < -0.3 is 0 Å². The lowest BCUT2D eigenvalue weighted by molar-refractivity contribution is -0.112. The van der Waals surface area contributed by atoms with Gasteiger partial charge in [-0.3, -0.25) is 4.79 Å². The van der Waals surface area contributed by atoms with Gasteiger partial charge in [0.15, 0.2) is 5.78 Å². The number of carbonyl (C=O) groups excluding carboxylic acids is 1. The van der Waals surface area contributed by atoms with Crippen LogP contribution in [0.2, 0.25) is 0 Å². The minimum Gasteiger partial charge on any atom is -0.293 e. The molecular formula is C9H8BrFO. The lowest BCUT2D eigenvalue weighted by Gasteiger charge is -1.94. The number of halogens is 2. The van der Waals surface area contributed by atoms with Gasteiger partial charge in [0.05, 0.1) is 5.33 Å². The minimum absolute atomic E-state index is 0.100. The molecule has 0 aromatic heterocycles. The van der Waals surface area contributed by atoms with Crippen molar-refractivity contribution in [3.05, 3.63) is 35.7 Å². The third kappa shape index (κ3) is 2.41. The van der Waals surface area contributed by atoms with Gasteiger partial charge >= 0.3 is 0 Å². The maximum absolute atomic E-state index is 12.8. The monoisotopic (exact) mass is 230 g/mol. The average Bonchev–Trinajstić information content (AvgIpc) is 2.28. The summed E-state index contributed by atoms with van der Waals surface area (Å²) in [6.07, 6.45) is 6.55. The number of ketones is 1. The average molecular weight is 231 g/mol. The normalized spacial score (nSPS) is 16.5. The second-order valence-electron chi connectivity index (χ2n) is 2.40. The zero-order chi connectivity index (χ0) is 8.97. The zero-order valence-corrected chi connectivity index (χ0v) is 7.97. The Bertz CT molecular complexity index is 276. The third-order valence-electron chi connectivity index (χ3n) is 1.48. The van der Waals surface area contributed by atoms with Crippen LogP contribution < -0.4 is 0 Å². The van der Waals surface area contributed by atoms with Gasteiger partial charge in [0.2, 0.25) is 0 Å². The first-order chi connectivity index (χ1) is 5.74. The molecule has 0 radical (unpaired) electrons. The predicted octanol–water partition coefficient (Wildman–Crippen LogP) is 2.69. The minimum atomic E-state index is -0.274. The summed E-state index contributed by atoms with van der Waals surface area (Å²) >= 11 is 3.03. The first-order valence-electron chi connectivity index (χ1n) is 3.56. The zero-order valence-electron chi connectivity index (χ0n) is 6.39. The van der Waals surface area contributed by atoms with Crippen molar-refractivity contribution in [2.75, 3.05) is 5.33 Å². The molecule has 0 saturated carbocycles. The molecule has 0 atom stereocenters. The van der Waals surface area contributed by atoms with E-state index in [2.05, 4.69) is 15.9 Å². The second kappa shape index (κ2) is 4.36. The summed E-state index contributed by atoms with van der Waals surface area (Å²) in [5, 5.41) is 0.233. The van der Waals surface area contributed by atoms with Crippen LogP contribution in [0.3, 0.4) is 0 Å². The standard InChI is InChI=1S/C9H8BrFO/c10-6-9(12)7-3-1-2-4-8(11)5-7/h1-3,5H,4,6H2. The van der Waals surface area contributed by atoms with E-state index in [1.54, 1.807) is 18.2 Å². The number of hydrogen-bond acceptors (Lipinski definition) is 1. The Morgan fingerprint density at radius 3 is 3.08 bits per heavy atom. The van der Waals surface area contributed by atoms with Crippen molar-refractivity contribution in [1.82, 2.24) is 0 Å². The molecule has 1 aliphatic carbocycles. The molecule has 0 spiro atoms. The largest absolute Gasteiger partial charge is 0.293 e. The van der Waals surface area contributed by atoms with E-state index < -0.39 is 0 Å². The molecular weight excluding hydrogens is 223 g/mol. The highest BCUT2D eigenvalue weighted by atomic mass is 79.9. The third-order valence-corrected chi connectivity index (χ3v) is 1.99.